The molecule has 4 heteroatoms. The second kappa shape index (κ2) is 4.45. The summed E-state index contributed by atoms with van der Waals surface area (Å²) < 4.78 is 1.85. The van der Waals surface area contributed by atoms with Gasteiger partial charge in [0, 0.05) is 0 Å². The van der Waals surface area contributed by atoms with Crippen molar-refractivity contribution in [1.82, 2.24) is 15.0 Å². The predicted octanol–water partition coefficient (Wildman–Crippen LogP) is 2.54. The topological polar surface area (TPSA) is 50.9 Å². The van der Waals surface area contributed by atoms with Gasteiger partial charge in [-0.3, -0.25) is 0 Å². The number of para-hydroxylation sites is 1. The number of aliphatic hydroxyl groups is 1. The quantitative estimate of drug-likeness (QED) is 0.883. The second-order valence-electron chi connectivity index (χ2n) is 4.66. The van der Waals surface area contributed by atoms with Gasteiger partial charge in [0.25, 0.3) is 0 Å². The maximum atomic E-state index is 10.4. The SMILES string of the molecule is CCC(n1nnc2ccccc21)C(C)(O)CC. The molecule has 2 aromatic rings. The number of aromatic nitrogens is 3. The van der Waals surface area contributed by atoms with Crippen molar-refractivity contribution in [2.24, 2.45) is 0 Å². The van der Waals surface area contributed by atoms with Crippen LogP contribution in [-0.4, -0.2) is 25.7 Å². The van der Waals surface area contributed by atoms with Crippen LogP contribution in [0, 0.1) is 0 Å². The molecular weight excluding hydrogens is 214 g/mol. The highest BCUT2D eigenvalue weighted by Crippen LogP contribution is 2.30. The molecule has 0 amide bonds. The maximum Gasteiger partial charge on any atom is 0.113 e. The molecule has 0 bridgehead atoms. The van der Waals surface area contributed by atoms with Gasteiger partial charge in [0.2, 0.25) is 0 Å². The summed E-state index contributed by atoms with van der Waals surface area (Å²) in [6.45, 7) is 5.91. The Kier molecular flexibility index (Phi) is 3.15. The number of rotatable bonds is 4. The number of hydrogen-bond acceptors (Lipinski definition) is 3. The van der Waals surface area contributed by atoms with Gasteiger partial charge < -0.3 is 5.11 Å². The van der Waals surface area contributed by atoms with E-state index in [1.54, 1.807) is 0 Å². The van der Waals surface area contributed by atoms with E-state index >= 15 is 0 Å². The zero-order valence-corrected chi connectivity index (χ0v) is 10.6. The molecule has 0 aliphatic heterocycles. The average Bonchev–Trinajstić information content (AvgIpc) is 2.74. The van der Waals surface area contributed by atoms with Crippen LogP contribution >= 0.6 is 0 Å². The summed E-state index contributed by atoms with van der Waals surface area (Å²) in [5, 5.41) is 18.8. The van der Waals surface area contributed by atoms with Gasteiger partial charge in [0.05, 0.1) is 17.2 Å². The molecule has 2 rings (SSSR count). The lowest BCUT2D eigenvalue weighted by Gasteiger charge is -2.31. The van der Waals surface area contributed by atoms with E-state index in [2.05, 4.69) is 17.2 Å². The molecule has 1 aromatic heterocycles. The molecule has 0 saturated carbocycles. The highest BCUT2D eigenvalue weighted by atomic mass is 16.3. The van der Waals surface area contributed by atoms with Crippen LogP contribution in [0.2, 0.25) is 0 Å². The van der Waals surface area contributed by atoms with Gasteiger partial charge in [-0.15, -0.1) is 5.10 Å². The zero-order valence-electron chi connectivity index (χ0n) is 10.6. The van der Waals surface area contributed by atoms with Crippen LogP contribution in [0.3, 0.4) is 0 Å². The average molecular weight is 233 g/mol. The van der Waals surface area contributed by atoms with Crippen molar-refractivity contribution in [2.75, 3.05) is 0 Å². The number of hydrogen-bond donors (Lipinski definition) is 1. The fourth-order valence-corrected chi connectivity index (χ4v) is 2.23. The van der Waals surface area contributed by atoms with Crippen LogP contribution in [0.5, 0.6) is 0 Å². The first-order valence-corrected chi connectivity index (χ1v) is 6.12. The Morgan fingerprint density at radius 3 is 2.71 bits per heavy atom. The van der Waals surface area contributed by atoms with Crippen molar-refractivity contribution in [3.05, 3.63) is 24.3 Å². The molecule has 0 aliphatic rings. The van der Waals surface area contributed by atoms with Crippen molar-refractivity contribution < 1.29 is 5.11 Å². The minimum Gasteiger partial charge on any atom is -0.388 e. The van der Waals surface area contributed by atoms with Crippen LogP contribution in [0.25, 0.3) is 11.0 Å². The van der Waals surface area contributed by atoms with Crippen LogP contribution in [0.1, 0.15) is 39.7 Å². The molecule has 1 heterocycles. The van der Waals surface area contributed by atoms with Gasteiger partial charge in [0.15, 0.2) is 0 Å². The lowest BCUT2D eigenvalue weighted by Crippen LogP contribution is -2.36. The molecule has 0 saturated heterocycles. The van der Waals surface area contributed by atoms with E-state index in [0.29, 0.717) is 6.42 Å². The fourth-order valence-electron chi connectivity index (χ4n) is 2.23. The smallest absolute Gasteiger partial charge is 0.113 e. The van der Waals surface area contributed by atoms with Crippen LogP contribution in [0.15, 0.2) is 24.3 Å². The monoisotopic (exact) mass is 233 g/mol. The van der Waals surface area contributed by atoms with Gasteiger partial charge in [-0.05, 0) is 31.9 Å². The summed E-state index contributed by atoms with van der Waals surface area (Å²) in [5.41, 5.74) is 1.09. The minimum atomic E-state index is -0.759. The van der Waals surface area contributed by atoms with Crippen molar-refractivity contribution in [2.45, 2.75) is 45.3 Å². The third-order valence-corrected chi connectivity index (χ3v) is 3.49. The first-order chi connectivity index (χ1) is 8.10. The van der Waals surface area contributed by atoms with E-state index in [0.717, 1.165) is 17.5 Å². The first-order valence-electron chi connectivity index (χ1n) is 6.12. The van der Waals surface area contributed by atoms with Gasteiger partial charge in [-0.25, -0.2) is 4.68 Å². The molecule has 4 nitrogen and oxygen atoms in total. The van der Waals surface area contributed by atoms with Crippen molar-refractivity contribution in [3.8, 4) is 0 Å². The highest BCUT2D eigenvalue weighted by Gasteiger charge is 2.31. The number of benzene rings is 1. The number of nitrogens with zero attached hydrogens (tertiary/aromatic N) is 3. The summed E-state index contributed by atoms with van der Waals surface area (Å²) >= 11 is 0. The molecule has 0 fully saturated rings. The summed E-state index contributed by atoms with van der Waals surface area (Å²) in [6.07, 6.45) is 1.52. The Hall–Kier alpha value is -1.42. The van der Waals surface area contributed by atoms with Crippen molar-refractivity contribution in [3.63, 3.8) is 0 Å². The van der Waals surface area contributed by atoms with Gasteiger partial charge in [-0.2, -0.15) is 0 Å². The summed E-state index contributed by atoms with van der Waals surface area (Å²) in [7, 11) is 0. The Morgan fingerprint density at radius 1 is 1.35 bits per heavy atom. The zero-order chi connectivity index (χ0) is 12.5. The Labute approximate surface area is 101 Å². The van der Waals surface area contributed by atoms with E-state index in [9.17, 15) is 5.11 Å². The van der Waals surface area contributed by atoms with Gasteiger partial charge in [-0.1, -0.05) is 31.2 Å². The molecule has 2 atom stereocenters. The summed E-state index contributed by atoms with van der Waals surface area (Å²) in [5.74, 6) is 0. The Morgan fingerprint density at radius 2 is 2.06 bits per heavy atom. The molecule has 0 radical (unpaired) electrons. The molecule has 2 unspecified atom stereocenters. The van der Waals surface area contributed by atoms with Crippen LogP contribution in [-0.2, 0) is 0 Å². The summed E-state index contributed by atoms with van der Waals surface area (Å²) in [6, 6.07) is 7.80. The summed E-state index contributed by atoms with van der Waals surface area (Å²) in [4.78, 5) is 0. The van der Waals surface area contributed by atoms with Gasteiger partial charge in [0.1, 0.15) is 5.52 Å². The van der Waals surface area contributed by atoms with E-state index in [1.807, 2.05) is 42.8 Å². The molecule has 1 aromatic carbocycles. The number of fused-ring (bicyclic) bond motifs is 1. The van der Waals surface area contributed by atoms with Crippen molar-refractivity contribution in [1.29, 1.82) is 0 Å². The molecule has 0 spiro atoms. The molecule has 0 aliphatic carbocycles. The van der Waals surface area contributed by atoms with E-state index < -0.39 is 5.60 Å². The molecule has 1 N–H and O–H groups in total. The van der Waals surface area contributed by atoms with E-state index in [1.165, 1.54) is 0 Å². The molecular formula is C13H19N3O. The van der Waals surface area contributed by atoms with Crippen LogP contribution < -0.4 is 0 Å². The lowest BCUT2D eigenvalue weighted by molar-refractivity contribution is -0.00372. The molecule has 17 heavy (non-hydrogen) atoms. The highest BCUT2D eigenvalue weighted by molar-refractivity contribution is 5.74. The molecule has 92 valence electrons. The first kappa shape index (κ1) is 12.0. The largest absolute Gasteiger partial charge is 0.388 e. The van der Waals surface area contributed by atoms with Crippen molar-refractivity contribution >= 4 is 11.0 Å². The standard InChI is InChI=1S/C13H19N3O/c1-4-12(13(3,17)5-2)16-11-9-7-6-8-10(11)14-15-16/h6-9,12,17H,4-5H2,1-3H3. The van der Waals surface area contributed by atoms with E-state index in [-0.39, 0.29) is 6.04 Å². The maximum absolute atomic E-state index is 10.4. The third-order valence-electron chi connectivity index (χ3n) is 3.49. The van der Waals surface area contributed by atoms with Crippen LogP contribution in [0.4, 0.5) is 0 Å². The minimum absolute atomic E-state index is 0.0418. The lowest BCUT2D eigenvalue weighted by atomic mass is 9.91. The predicted molar refractivity (Wildman–Crippen MR) is 67.8 cm³/mol. The fraction of sp³-hybridized carbons (Fsp3) is 0.538. The second-order valence-corrected chi connectivity index (χ2v) is 4.66. The normalized spacial score (nSPS) is 16.9. The Balaban J connectivity index is 2.51. The Bertz CT molecular complexity index is 504. The van der Waals surface area contributed by atoms with Gasteiger partial charge >= 0.3 is 0 Å². The van der Waals surface area contributed by atoms with E-state index in [4.69, 9.17) is 0 Å². The third kappa shape index (κ3) is 2.05.